The first-order valence-corrected chi connectivity index (χ1v) is 27.4. The van der Waals surface area contributed by atoms with Crippen LogP contribution in [-0.2, 0) is 43.2 Å². The van der Waals surface area contributed by atoms with Crippen LogP contribution in [0.2, 0.25) is 0 Å². The minimum atomic E-state index is -0.501. The van der Waals surface area contributed by atoms with Gasteiger partial charge in [-0.1, -0.05) is 117 Å². The number of amides is 1. The Morgan fingerprint density at radius 2 is 1.46 bits per heavy atom. The van der Waals surface area contributed by atoms with E-state index in [4.69, 9.17) is 24.2 Å². The third-order valence-corrected chi connectivity index (χ3v) is 15.6. The van der Waals surface area contributed by atoms with Crippen molar-refractivity contribution in [1.29, 1.82) is 0 Å². The fraction of sp³-hybridized carbons (Fsp3) is 0.508. The first-order valence-electron chi connectivity index (χ1n) is 27.4. The first kappa shape index (κ1) is 57.1. The molecule has 8 bridgehead atoms. The molecule has 4 unspecified atom stereocenters. The number of ether oxygens (including phenoxy) is 3. The monoisotopic (exact) mass is 1010 g/mol. The van der Waals surface area contributed by atoms with Gasteiger partial charge in [-0.2, -0.15) is 0 Å². The summed E-state index contributed by atoms with van der Waals surface area (Å²) < 4.78 is 16.6. The lowest BCUT2D eigenvalue weighted by Gasteiger charge is -2.19. The molecule has 0 radical (unpaired) electrons. The van der Waals surface area contributed by atoms with Gasteiger partial charge in [0.1, 0.15) is 12.4 Å². The second-order valence-corrected chi connectivity index (χ2v) is 21.6. The molecule has 4 aromatic rings. The maximum atomic E-state index is 14.7. The minimum absolute atomic E-state index is 0.130. The lowest BCUT2D eigenvalue weighted by molar-refractivity contribution is -0.143. The van der Waals surface area contributed by atoms with Gasteiger partial charge < -0.3 is 29.5 Å². The molecule has 0 saturated heterocycles. The molecule has 0 saturated carbocycles. The van der Waals surface area contributed by atoms with Crippen LogP contribution >= 0.6 is 0 Å². The molecule has 4 atom stereocenters. The van der Waals surface area contributed by atoms with Crippen molar-refractivity contribution in [3.05, 3.63) is 117 Å². The van der Waals surface area contributed by atoms with Crippen LogP contribution in [0.15, 0.2) is 60.7 Å². The maximum Gasteiger partial charge on any atom is 0.310 e. The molecule has 3 aromatic heterocycles. The lowest BCUT2D eigenvalue weighted by atomic mass is 9.84. The van der Waals surface area contributed by atoms with E-state index in [9.17, 15) is 14.4 Å². The highest BCUT2D eigenvalue weighted by Gasteiger charge is 2.36. The summed E-state index contributed by atoms with van der Waals surface area (Å²) in [6, 6.07) is 13.7. The highest BCUT2D eigenvalue weighted by atomic mass is 16.5. The second kappa shape index (κ2) is 26.8. The number of methoxy groups -OCH3 is 2. The number of fused-ring (bicyclic) bond motifs is 8. The average Bonchev–Trinajstić information content (AvgIpc) is 4.06. The summed E-state index contributed by atoms with van der Waals surface area (Å²) in [6.45, 7) is 26.5. The molecular weight excluding hydrogens is 923 g/mol. The Balaban J connectivity index is 1.32. The number of hydrogen-bond acceptors (Lipinski definition) is 8. The Kier molecular flexibility index (Phi) is 20.7. The Morgan fingerprint density at radius 3 is 2.11 bits per heavy atom. The van der Waals surface area contributed by atoms with Crippen molar-refractivity contribution in [2.24, 2.45) is 17.8 Å². The Bertz CT molecular complexity index is 2860. The van der Waals surface area contributed by atoms with E-state index in [0.717, 1.165) is 92.4 Å². The summed E-state index contributed by atoms with van der Waals surface area (Å²) in [4.78, 5) is 60.0. The van der Waals surface area contributed by atoms with Crippen molar-refractivity contribution in [2.45, 2.75) is 171 Å². The molecular formula is C63H85N5O6. The molecule has 2 aliphatic rings. The topological polar surface area (TPSA) is 148 Å². The summed E-state index contributed by atoms with van der Waals surface area (Å²) in [5.41, 5.74) is 13.7. The van der Waals surface area contributed by atoms with Gasteiger partial charge in [-0.3, -0.25) is 19.4 Å². The number of nitrogens with zero attached hydrogens (tertiary/aromatic N) is 2. The van der Waals surface area contributed by atoms with Gasteiger partial charge in [0.2, 0.25) is 0 Å². The van der Waals surface area contributed by atoms with Crippen molar-refractivity contribution in [3.63, 3.8) is 0 Å². The molecule has 398 valence electrons. The van der Waals surface area contributed by atoms with Crippen molar-refractivity contribution in [1.82, 2.24) is 25.3 Å². The number of aromatic amines is 2. The average molecular weight is 1010 g/mol. The van der Waals surface area contributed by atoms with Gasteiger partial charge in [0, 0.05) is 63.7 Å². The zero-order valence-corrected chi connectivity index (χ0v) is 46.7. The summed E-state index contributed by atoms with van der Waals surface area (Å²) in [5.74, 6) is 1.34. The molecule has 0 aliphatic carbocycles. The number of allylic oxidation sites excluding steroid dienone is 2. The number of carbonyl (C=O) groups excluding carboxylic acids is 3. The van der Waals surface area contributed by atoms with Gasteiger partial charge in [0.15, 0.2) is 0 Å². The Labute approximate surface area is 441 Å². The number of rotatable bonds is 25. The molecule has 1 aromatic carbocycles. The fourth-order valence-corrected chi connectivity index (χ4v) is 10.8. The van der Waals surface area contributed by atoms with Crippen LogP contribution in [0.25, 0.3) is 39.3 Å². The molecule has 3 N–H and O–H groups in total. The molecule has 0 spiro atoms. The molecule has 6 rings (SSSR count). The van der Waals surface area contributed by atoms with E-state index in [1.54, 1.807) is 7.11 Å². The van der Waals surface area contributed by atoms with Crippen LogP contribution in [0.4, 0.5) is 0 Å². The zero-order chi connectivity index (χ0) is 53.6. The standard InChI is InChI=1S/C63H85N5O6/c1-14-48-42(8)52-34-54-44(10)50(29-30-58(69)74-32-31-41(7)24-18-23-40(6)22-17-21-39(5)20-16-19-38(3)4)61(67-54)51(33-59(70)73-13)62-60(63(71)64-37-46-25-27-47(72-12)28-26-46)45(11)55(68-62)36-57-49(15-2)43(9)53(66-57)35-56(48)65-52/h14,25-28,31,34-36,38-40,44,50,65-66H,1,15-24,29-30,32-33,37H2,2-13H3,(H,64,71)/b41-31+,52-34?,53-35?,54-34?,55-36?,56-35?,57-36?,61-51?,62-51?. The van der Waals surface area contributed by atoms with E-state index in [2.05, 4.69) is 96.3 Å². The summed E-state index contributed by atoms with van der Waals surface area (Å²) in [5, 5.41) is 3.14. The van der Waals surface area contributed by atoms with E-state index in [1.165, 1.54) is 57.6 Å². The Hall–Kier alpha value is -6.23. The van der Waals surface area contributed by atoms with Crippen molar-refractivity contribution < 1.29 is 28.6 Å². The fourth-order valence-electron chi connectivity index (χ4n) is 10.8. The third-order valence-electron chi connectivity index (χ3n) is 15.6. The number of hydrogen-bond donors (Lipinski definition) is 3. The van der Waals surface area contributed by atoms with Crippen molar-refractivity contribution in [3.8, 4) is 5.75 Å². The lowest BCUT2D eigenvalue weighted by Crippen LogP contribution is -2.25. The predicted molar refractivity (Wildman–Crippen MR) is 303 cm³/mol. The summed E-state index contributed by atoms with van der Waals surface area (Å²) in [7, 11) is 2.97. The maximum absolute atomic E-state index is 14.7. The van der Waals surface area contributed by atoms with Gasteiger partial charge in [-0.25, -0.2) is 4.98 Å². The first-order chi connectivity index (χ1) is 35.5. The minimum Gasteiger partial charge on any atom is -0.497 e. The third kappa shape index (κ3) is 14.5. The van der Waals surface area contributed by atoms with Crippen molar-refractivity contribution >= 4 is 57.1 Å². The van der Waals surface area contributed by atoms with Gasteiger partial charge in [0.05, 0.1) is 43.3 Å². The number of nitrogens with one attached hydrogen (secondary N) is 3. The van der Waals surface area contributed by atoms with Crippen LogP contribution in [0.1, 0.15) is 194 Å². The number of benzene rings is 1. The number of H-pyrrole nitrogens is 2. The second-order valence-electron chi connectivity index (χ2n) is 21.6. The van der Waals surface area contributed by atoms with E-state index < -0.39 is 5.97 Å². The summed E-state index contributed by atoms with van der Waals surface area (Å²) in [6.07, 6.45) is 16.2. The SMILES string of the molecule is C=Cc1c(C)c2cc3nc(c(CC(=O)OC)c4nc(cc5[nH]c(cc1[nH]2)c(C)c5CC)C(C)=C4C(=O)NCc1ccc(OC)cc1)C(CCC(=O)OC/C=C(\C)CCCC(C)CCCC(C)CCCC(C)C)C3C. The van der Waals surface area contributed by atoms with Crippen LogP contribution in [0.5, 0.6) is 5.75 Å². The van der Waals surface area contributed by atoms with Gasteiger partial charge in [-0.15, -0.1) is 0 Å². The molecule has 11 heteroatoms. The van der Waals surface area contributed by atoms with Crippen molar-refractivity contribution in [2.75, 3.05) is 20.8 Å². The number of esters is 2. The quantitative estimate of drug-likeness (QED) is 0.0439. The van der Waals surface area contributed by atoms with Gasteiger partial charge in [-0.05, 0) is 135 Å². The van der Waals surface area contributed by atoms with Gasteiger partial charge in [0.25, 0.3) is 5.91 Å². The van der Waals surface area contributed by atoms with Crippen LogP contribution in [0.3, 0.4) is 0 Å². The molecule has 74 heavy (non-hydrogen) atoms. The molecule has 0 fully saturated rings. The molecule has 11 nitrogen and oxygen atoms in total. The predicted octanol–water partition coefficient (Wildman–Crippen LogP) is 14.7. The van der Waals surface area contributed by atoms with E-state index in [-0.39, 0.29) is 49.7 Å². The highest BCUT2D eigenvalue weighted by molar-refractivity contribution is 6.27. The van der Waals surface area contributed by atoms with E-state index in [0.29, 0.717) is 46.1 Å². The Morgan fingerprint density at radius 1 is 0.797 bits per heavy atom. The molecule has 5 heterocycles. The van der Waals surface area contributed by atoms with E-state index in [1.807, 2.05) is 49.4 Å². The summed E-state index contributed by atoms with van der Waals surface area (Å²) >= 11 is 0. The van der Waals surface area contributed by atoms with Crippen LogP contribution in [-0.4, -0.2) is 58.6 Å². The normalized spacial score (nSPS) is 15.6. The zero-order valence-electron chi connectivity index (χ0n) is 46.7. The van der Waals surface area contributed by atoms with E-state index >= 15 is 0 Å². The largest absolute Gasteiger partial charge is 0.497 e. The van der Waals surface area contributed by atoms with Crippen LogP contribution < -0.4 is 10.1 Å². The molecule has 2 aliphatic heterocycles. The smallest absolute Gasteiger partial charge is 0.310 e. The number of carbonyl (C=O) groups is 3. The number of aromatic nitrogens is 4. The molecule has 1 amide bonds. The van der Waals surface area contributed by atoms with Gasteiger partial charge >= 0.3 is 11.9 Å². The van der Waals surface area contributed by atoms with Crippen LogP contribution in [0, 0.1) is 31.6 Å². The highest BCUT2D eigenvalue weighted by Crippen LogP contribution is 2.44. The number of aryl methyl sites for hydroxylation is 3.